The second kappa shape index (κ2) is 5.25. The smallest absolute Gasteiger partial charge is 0.318 e. The maximum absolute atomic E-state index is 11.9. The highest BCUT2D eigenvalue weighted by Crippen LogP contribution is 2.18. The van der Waals surface area contributed by atoms with Crippen molar-refractivity contribution in [3.63, 3.8) is 0 Å². The van der Waals surface area contributed by atoms with E-state index in [4.69, 9.17) is 5.11 Å². The van der Waals surface area contributed by atoms with Crippen LogP contribution in [0.25, 0.3) is 0 Å². The van der Waals surface area contributed by atoms with Crippen LogP contribution in [0.1, 0.15) is 20.8 Å². The average molecular weight is 271 g/mol. The molecular formula is C11H17N3O5. The molecule has 1 aliphatic heterocycles. The van der Waals surface area contributed by atoms with E-state index in [1.54, 1.807) is 0 Å². The first kappa shape index (κ1) is 14.9. The van der Waals surface area contributed by atoms with Crippen LogP contribution in [0.5, 0.6) is 0 Å². The fourth-order valence-electron chi connectivity index (χ4n) is 1.53. The highest BCUT2D eigenvalue weighted by atomic mass is 16.4. The second-order valence-corrected chi connectivity index (χ2v) is 4.95. The van der Waals surface area contributed by atoms with Crippen LogP contribution in [0.15, 0.2) is 0 Å². The summed E-state index contributed by atoms with van der Waals surface area (Å²) in [6.45, 7) is 4.15. The number of carbonyl (C=O) groups is 4. The Labute approximate surface area is 110 Å². The normalized spacial score (nSPS) is 19.6. The van der Waals surface area contributed by atoms with Crippen molar-refractivity contribution in [2.75, 3.05) is 13.1 Å². The van der Waals surface area contributed by atoms with E-state index >= 15 is 0 Å². The van der Waals surface area contributed by atoms with Gasteiger partial charge in [0.25, 0.3) is 5.91 Å². The largest absolute Gasteiger partial charge is 0.481 e. The Morgan fingerprint density at radius 3 is 2.58 bits per heavy atom. The van der Waals surface area contributed by atoms with Crippen molar-refractivity contribution >= 4 is 23.8 Å². The Hall–Kier alpha value is -2.12. The zero-order valence-electron chi connectivity index (χ0n) is 11.0. The first-order valence-electron chi connectivity index (χ1n) is 5.78. The third-order valence-electron chi connectivity index (χ3n) is 3.01. The van der Waals surface area contributed by atoms with Gasteiger partial charge < -0.3 is 15.3 Å². The molecule has 19 heavy (non-hydrogen) atoms. The molecule has 1 heterocycles. The molecule has 1 unspecified atom stereocenters. The number of rotatable bonds is 3. The molecule has 3 N–H and O–H groups in total. The maximum Gasteiger partial charge on any atom is 0.318 e. The Morgan fingerprint density at radius 2 is 2.05 bits per heavy atom. The number of nitrogens with zero attached hydrogens (tertiary/aromatic N) is 1. The van der Waals surface area contributed by atoms with Crippen molar-refractivity contribution in [2.45, 2.75) is 26.3 Å². The van der Waals surface area contributed by atoms with E-state index in [0.29, 0.717) is 0 Å². The van der Waals surface area contributed by atoms with E-state index in [2.05, 4.69) is 10.6 Å². The number of carbonyl (C=O) groups excluding carboxylic acids is 3. The summed E-state index contributed by atoms with van der Waals surface area (Å²) in [6.07, 6.45) is 0. The number of imide groups is 1. The minimum atomic E-state index is -1.16. The van der Waals surface area contributed by atoms with Gasteiger partial charge in [-0.15, -0.1) is 0 Å². The minimum Gasteiger partial charge on any atom is -0.481 e. The van der Waals surface area contributed by atoms with E-state index in [9.17, 15) is 19.2 Å². The molecular weight excluding hydrogens is 254 g/mol. The first-order valence-corrected chi connectivity index (χ1v) is 5.78. The lowest BCUT2D eigenvalue weighted by Crippen LogP contribution is -2.67. The van der Waals surface area contributed by atoms with Crippen molar-refractivity contribution in [1.29, 1.82) is 0 Å². The minimum absolute atomic E-state index is 0.0729. The number of carboxylic acid groups (broad SMARTS) is 1. The second-order valence-electron chi connectivity index (χ2n) is 4.95. The molecule has 0 saturated carbocycles. The van der Waals surface area contributed by atoms with Crippen LogP contribution in [0.4, 0.5) is 4.79 Å². The molecule has 0 aromatic carbocycles. The lowest BCUT2D eigenvalue weighted by Gasteiger charge is -2.39. The fraction of sp³-hybridized carbons (Fsp3) is 0.636. The molecule has 8 nitrogen and oxygen atoms in total. The summed E-state index contributed by atoms with van der Waals surface area (Å²) in [6, 6.07) is -0.638. The number of aliphatic carboxylic acids is 1. The quantitative estimate of drug-likeness (QED) is 0.578. The first-order chi connectivity index (χ1) is 8.66. The number of amides is 4. The molecule has 106 valence electrons. The van der Waals surface area contributed by atoms with E-state index in [1.807, 2.05) is 0 Å². The lowest BCUT2D eigenvalue weighted by atomic mass is 9.99. The van der Waals surface area contributed by atoms with E-state index in [0.717, 1.165) is 4.90 Å². The van der Waals surface area contributed by atoms with Crippen LogP contribution in [0.3, 0.4) is 0 Å². The monoisotopic (exact) mass is 271 g/mol. The molecule has 0 bridgehead atoms. The number of urea groups is 1. The molecule has 1 fully saturated rings. The zero-order valence-corrected chi connectivity index (χ0v) is 11.0. The molecule has 0 radical (unpaired) electrons. The van der Waals surface area contributed by atoms with Gasteiger partial charge in [-0.2, -0.15) is 0 Å². The molecule has 0 aromatic rings. The van der Waals surface area contributed by atoms with Crippen molar-refractivity contribution in [2.24, 2.45) is 5.92 Å². The van der Waals surface area contributed by atoms with Crippen molar-refractivity contribution in [1.82, 2.24) is 15.5 Å². The Balaban J connectivity index is 2.71. The molecule has 8 heteroatoms. The van der Waals surface area contributed by atoms with E-state index < -0.39 is 35.3 Å². The number of piperazine rings is 1. The van der Waals surface area contributed by atoms with Gasteiger partial charge in [-0.05, 0) is 13.8 Å². The van der Waals surface area contributed by atoms with Gasteiger partial charge in [-0.1, -0.05) is 6.92 Å². The molecule has 1 rings (SSSR count). The van der Waals surface area contributed by atoms with Crippen LogP contribution in [-0.4, -0.2) is 52.4 Å². The van der Waals surface area contributed by atoms with Gasteiger partial charge in [0.1, 0.15) is 12.1 Å². The van der Waals surface area contributed by atoms with E-state index in [1.165, 1.54) is 20.8 Å². The van der Waals surface area contributed by atoms with Crippen molar-refractivity contribution in [3.8, 4) is 0 Å². The zero-order chi connectivity index (χ0) is 14.8. The standard InChI is InChI=1S/C11H17N3O5/c1-6(8(16)17)4-12-10(19)14-5-7(15)13-9(18)11(14,2)3/h6H,4-5H2,1-3H3,(H,12,19)(H,16,17)(H,13,15,18). The van der Waals surface area contributed by atoms with Crippen LogP contribution in [-0.2, 0) is 14.4 Å². The number of hydrogen-bond donors (Lipinski definition) is 3. The highest BCUT2D eigenvalue weighted by Gasteiger charge is 2.43. The SMILES string of the molecule is CC(CNC(=O)N1CC(=O)NC(=O)C1(C)C)C(=O)O. The summed E-state index contributed by atoms with van der Waals surface area (Å²) in [5.41, 5.74) is -1.16. The summed E-state index contributed by atoms with van der Waals surface area (Å²) in [5.74, 6) is -2.91. The van der Waals surface area contributed by atoms with Gasteiger partial charge in [-0.3, -0.25) is 19.7 Å². The van der Waals surface area contributed by atoms with Crippen LogP contribution in [0, 0.1) is 5.92 Å². The van der Waals surface area contributed by atoms with Crippen LogP contribution in [0.2, 0.25) is 0 Å². The van der Waals surface area contributed by atoms with Gasteiger partial charge >= 0.3 is 12.0 Å². The summed E-state index contributed by atoms with van der Waals surface area (Å²) in [4.78, 5) is 46.6. The van der Waals surface area contributed by atoms with Crippen LogP contribution < -0.4 is 10.6 Å². The Morgan fingerprint density at radius 1 is 1.47 bits per heavy atom. The molecule has 1 saturated heterocycles. The Bertz CT molecular complexity index is 432. The van der Waals surface area contributed by atoms with Gasteiger partial charge in [0, 0.05) is 6.54 Å². The number of hydrogen-bond acceptors (Lipinski definition) is 4. The molecule has 4 amide bonds. The van der Waals surface area contributed by atoms with Gasteiger partial charge in [-0.25, -0.2) is 4.79 Å². The van der Waals surface area contributed by atoms with Crippen molar-refractivity contribution < 1.29 is 24.3 Å². The molecule has 0 aromatic heterocycles. The topological polar surface area (TPSA) is 116 Å². The summed E-state index contributed by atoms with van der Waals surface area (Å²) >= 11 is 0. The lowest BCUT2D eigenvalue weighted by molar-refractivity contribution is -0.143. The number of carboxylic acids is 1. The molecule has 1 aliphatic rings. The van der Waals surface area contributed by atoms with Crippen LogP contribution >= 0.6 is 0 Å². The van der Waals surface area contributed by atoms with Gasteiger partial charge in [0.05, 0.1) is 5.92 Å². The predicted octanol–water partition coefficient (Wildman–Crippen LogP) is -0.846. The number of nitrogens with one attached hydrogen (secondary N) is 2. The molecule has 1 atom stereocenters. The predicted molar refractivity (Wildman–Crippen MR) is 64.1 cm³/mol. The molecule has 0 spiro atoms. The van der Waals surface area contributed by atoms with Gasteiger partial charge in [0.15, 0.2) is 0 Å². The highest BCUT2D eigenvalue weighted by molar-refractivity contribution is 6.05. The molecule has 0 aliphatic carbocycles. The fourth-order valence-corrected chi connectivity index (χ4v) is 1.53. The third kappa shape index (κ3) is 3.21. The van der Waals surface area contributed by atoms with E-state index in [-0.39, 0.29) is 13.1 Å². The summed E-state index contributed by atoms with van der Waals surface area (Å²) < 4.78 is 0. The maximum atomic E-state index is 11.9. The third-order valence-corrected chi connectivity index (χ3v) is 3.01. The van der Waals surface area contributed by atoms with Gasteiger partial charge in [0.2, 0.25) is 5.91 Å². The Kier molecular flexibility index (Phi) is 4.13. The van der Waals surface area contributed by atoms with Crippen molar-refractivity contribution in [3.05, 3.63) is 0 Å². The average Bonchev–Trinajstić information content (AvgIpc) is 2.30. The summed E-state index contributed by atoms with van der Waals surface area (Å²) in [7, 11) is 0. The summed E-state index contributed by atoms with van der Waals surface area (Å²) in [5, 5.41) is 13.3.